The fraction of sp³-hybridized carbons (Fsp3) is 1.00. The quantitative estimate of drug-likeness (QED) is 0.690. The average Bonchev–Trinajstić information content (AvgIpc) is 3.03. The van der Waals surface area contributed by atoms with Gasteiger partial charge in [-0.25, -0.2) is 8.42 Å². The van der Waals surface area contributed by atoms with E-state index in [2.05, 4.69) is 23.5 Å². The van der Waals surface area contributed by atoms with Gasteiger partial charge in [0.05, 0.1) is 5.75 Å². The summed E-state index contributed by atoms with van der Waals surface area (Å²) >= 11 is 0. The van der Waals surface area contributed by atoms with E-state index < -0.39 is 10.0 Å². The van der Waals surface area contributed by atoms with Gasteiger partial charge in [-0.1, -0.05) is 52.4 Å². The van der Waals surface area contributed by atoms with E-state index in [0.717, 1.165) is 38.5 Å². The summed E-state index contributed by atoms with van der Waals surface area (Å²) in [5.41, 5.74) is 0.00534. The Bertz CT molecular complexity index is 632. The summed E-state index contributed by atoms with van der Waals surface area (Å²) < 4.78 is 30.3. The lowest BCUT2D eigenvalue weighted by molar-refractivity contribution is 0.119. The maximum Gasteiger partial charge on any atom is 0.215 e. The minimum Gasteiger partial charge on any atom is -0.316 e. The first-order chi connectivity index (χ1) is 13.3. The van der Waals surface area contributed by atoms with Crippen molar-refractivity contribution in [3.05, 3.63) is 0 Å². The van der Waals surface area contributed by atoms with Crippen LogP contribution in [0, 0.1) is 16.7 Å². The molecule has 5 heteroatoms. The molecular weight excluding hydrogens is 368 g/mol. The molecule has 4 fully saturated rings. The first kappa shape index (κ1) is 21.1. The molecular formula is C23H42N2O2S. The van der Waals surface area contributed by atoms with Crippen LogP contribution in [0.15, 0.2) is 0 Å². The number of rotatable bonds is 6. The molecule has 162 valence electrons. The topological polar surface area (TPSA) is 49.4 Å². The van der Waals surface area contributed by atoms with Crippen LogP contribution in [-0.4, -0.2) is 43.6 Å². The van der Waals surface area contributed by atoms with Crippen molar-refractivity contribution in [3.63, 3.8) is 0 Å². The number of fused-ring (bicyclic) bond motifs is 2. The van der Waals surface area contributed by atoms with Crippen molar-refractivity contribution in [1.82, 2.24) is 9.62 Å². The highest BCUT2D eigenvalue weighted by Crippen LogP contribution is 2.66. The Morgan fingerprint density at radius 2 is 1.43 bits per heavy atom. The minimum atomic E-state index is -3.27. The summed E-state index contributed by atoms with van der Waals surface area (Å²) in [5, 5.41) is 3.53. The largest absolute Gasteiger partial charge is 0.316 e. The van der Waals surface area contributed by atoms with Gasteiger partial charge >= 0.3 is 0 Å². The third kappa shape index (κ3) is 3.37. The zero-order valence-corrected chi connectivity index (χ0v) is 19.2. The van der Waals surface area contributed by atoms with Gasteiger partial charge in [0.25, 0.3) is 0 Å². The van der Waals surface area contributed by atoms with E-state index >= 15 is 0 Å². The molecule has 2 bridgehead atoms. The molecule has 4 rings (SSSR count). The zero-order chi connectivity index (χ0) is 20.0. The highest BCUT2D eigenvalue weighted by atomic mass is 32.2. The summed E-state index contributed by atoms with van der Waals surface area (Å²) in [5.74, 6) is 1.03. The molecule has 3 atom stereocenters. The third-order valence-corrected chi connectivity index (χ3v) is 11.5. The molecule has 4 aliphatic rings. The van der Waals surface area contributed by atoms with Gasteiger partial charge in [0.1, 0.15) is 0 Å². The van der Waals surface area contributed by atoms with Gasteiger partial charge in [-0.3, -0.25) is 0 Å². The van der Waals surface area contributed by atoms with E-state index in [-0.39, 0.29) is 22.9 Å². The van der Waals surface area contributed by atoms with Crippen molar-refractivity contribution >= 4 is 10.0 Å². The van der Waals surface area contributed by atoms with Crippen LogP contribution in [0.3, 0.4) is 0 Å². The van der Waals surface area contributed by atoms with Crippen LogP contribution in [-0.2, 0) is 10.0 Å². The van der Waals surface area contributed by atoms with Crippen LogP contribution < -0.4 is 5.32 Å². The molecule has 0 spiro atoms. The second-order valence-electron chi connectivity index (χ2n) is 10.9. The van der Waals surface area contributed by atoms with Crippen molar-refractivity contribution in [1.29, 1.82) is 0 Å². The number of hydrogen-bond acceptors (Lipinski definition) is 3. The van der Waals surface area contributed by atoms with Crippen molar-refractivity contribution in [2.45, 2.75) is 115 Å². The molecule has 28 heavy (non-hydrogen) atoms. The first-order valence-electron chi connectivity index (χ1n) is 12.0. The van der Waals surface area contributed by atoms with Crippen LogP contribution in [0.5, 0.6) is 0 Å². The van der Waals surface area contributed by atoms with Crippen LogP contribution >= 0.6 is 0 Å². The van der Waals surface area contributed by atoms with Gasteiger partial charge in [0.15, 0.2) is 0 Å². The van der Waals surface area contributed by atoms with Crippen LogP contribution in [0.25, 0.3) is 0 Å². The van der Waals surface area contributed by atoms with E-state index in [1.54, 1.807) is 0 Å². The SMILES string of the molecule is CNC1CC2CCC1(CS(=O)(=O)N(C1CCCCC1)C1CCCCC1)C2(C)C. The van der Waals surface area contributed by atoms with Gasteiger partial charge in [-0.2, -0.15) is 4.31 Å². The number of nitrogens with zero attached hydrogens (tertiary/aromatic N) is 1. The van der Waals surface area contributed by atoms with Crippen LogP contribution in [0.4, 0.5) is 0 Å². The highest BCUT2D eigenvalue weighted by molar-refractivity contribution is 7.89. The van der Waals surface area contributed by atoms with Gasteiger partial charge in [0.2, 0.25) is 10.0 Å². The Labute approximate surface area is 173 Å². The zero-order valence-electron chi connectivity index (χ0n) is 18.4. The third-order valence-electron chi connectivity index (χ3n) is 9.41. The lowest BCUT2D eigenvalue weighted by Gasteiger charge is -2.46. The van der Waals surface area contributed by atoms with E-state index in [1.165, 1.54) is 44.9 Å². The van der Waals surface area contributed by atoms with E-state index in [0.29, 0.717) is 17.7 Å². The normalized spacial score (nSPS) is 37.0. The minimum absolute atomic E-state index is 0.104. The number of nitrogens with one attached hydrogen (secondary N) is 1. The highest BCUT2D eigenvalue weighted by Gasteiger charge is 2.65. The summed E-state index contributed by atoms with van der Waals surface area (Å²) in [7, 11) is -1.23. The molecule has 0 aliphatic heterocycles. The standard InChI is InChI=1S/C23H42N2O2S/c1-22(2)18-14-15-23(22,21(16-18)24-3)17-28(26,27)25(19-10-6-4-7-11-19)20-12-8-5-9-13-20/h18-21,24H,4-17H2,1-3H3. The molecule has 1 N–H and O–H groups in total. The molecule has 0 aromatic heterocycles. The maximum atomic E-state index is 14.1. The maximum absolute atomic E-state index is 14.1. The first-order valence-corrected chi connectivity index (χ1v) is 13.6. The Kier molecular flexibility index (Phi) is 5.92. The van der Waals surface area contributed by atoms with Crippen LogP contribution in [0.2, 0.25) is 0 Å². The second-order valence-corrected chi connectivity index (χ2v) is 12.7. The van der Waals surface area contributed by atoms with E-state index in [1.807, 2.05) is 7.05 Å². The van der Waals surface area contributed by atoms with Crippen LogP contribution in [0.1, 0.15) is 97.3 Å². The molecule has 0 radical (unpaired) electrons. The Morgan fingerprint density at radius 1 is 0.893 bits per heavy atom. The summed E-state index contributed by atoms with van der Waals surface area (Å²) in [6, 6.07) is 0.858. The van der Waals surface area contributed by atoms with Gasteiger partial charge in [0, 0.05) is 23.5 Å². The predicted octanol–water partition coefficient (Wildman–Crippen LogP) is 4.70. The molecule has 4 saturated carbocycles. The molecule has 0 heterocycles. The molecule has 0 aromatic rings. The van der Waals surface area contributed by atoms with Crippen molar-refractivity contribution in [3.8, 4) is 0 Å². The van der Waals surface area contributed by atoms with Gasteiger partial charge < -0.3 is 5.32 Å². The molecule has 4 aliphatic carbocycles. The lowest BCUT2D eigenvalue weighted by Crippen LogP contribution is -2.56. The Balaban J connectivity index is 1.65. The lowest BCUT2D eigenvalue weighted by atomic mass is 9.69. The molecule has 0 saturated heterocycles. The predicted molar refractivity (Wildman–Crippen MR) is 116 cm³/mol. The molecule has 3 unspecified atom stereocenters. The second kappa shape index (κ2) is 7.85. The molecule has 0 aromatic carbocycles. The molecule has 4 nitrogen and oxygen atoms in total. The Morgan fingerprint density at radius 3 is 1.89 bits per heavy atom. The Hall–Kier alpha value is -0.130. The summed E-state index contributed by atoms with van der Waals surface area (Å²) in [4.78, 5) is 0. The van der Waals surface area contributed by atoms with Crippen molar-refractivity contribution in [2.75, 3.05) is 12.8 Å². The summed E-state index contributed by atoms with van der Waals surface area (Å²) in [6.45, 7) is 4.70. The summed E-state index contributed by atoms with van der Waals surface area (Å²) in [6.07, 6.45) is 15.0. The molecule has 0 amide bonds. The number of hydrogen-bond donors (Lipinski definition) is 1. The van der Waals surface area contributed by atoms with E-state index in [4.69, 9.17) is 0 Å². The fourth-order valence-corrected chi connectivity index (χ4v) is 10.5. The van der Waals surface area contributed by atoms with Gasteiger partial charge in [-0.15, -0.1) is 0 Å². The van der Waals surface area contributed by atoms with Crippen molar-refractivity contribution < 1.29 is 8.42 Å². The average molecular weight is 411 g/mol. The fourth-order valence-electron chi connectivity index (χ4n) is 7.64. The van der Waals surface area contributed by atoms with Gasteiger partial charge in [-0.05, 0) is 63.3 Å². The monoisotopic (exact) mass is 410 g/mol. The van der Waals surface area contributed by atoms with Crippen molar-refractivity contribution in [2.24, 2.45) is 16.7 Å². The van der Waals surface area contributed by atoms with E-state index in [9.17, 15) is 8.42 Å². The number of sulfonamides is 1. The smallest absolute Gasteiger partial charge is 0.215 e.